The van der Waals surface area contributed by atoms with Crippen LogP contribution in [0.15, 0.2) is 30.5 Å². The number of pyridine rings is 1. The summed E-state index contributed by atoms with van der Waals surface area (Å²) >= 11 is 0. The molecule has 1 aliphatic rings. The fourth-order valence-electron chi connectivity index (χ4n) is 2.51. The van der Waals surface area contributed by atoms with Crippen LogP contribution < -0.4 is 4.90 Å². The van der Waals surface area contributed by atoms with Gasteiger partial charge in [0.2, 0.25) is 0 Å². The predicted octanol–water partition coefficient (Wildman–Crippen LogP) is 3.36. The molecule has 0 spiro atoms. The van der Waals surface area contributed by atoms with E-state index in [-0.39, 0.29) is 5.82 Å². The molecule has 1 saturated heterocycles. The van der Waals surface area contributed by atoms with Crippen molar-refractivity contribution in [3.05, 3.63) is 36.3 Å². The Bertz CT molecular complexity index is 533. The Kier molecular flexibility index (Phi) is 2.67. The molecule has 1 aliphatic heterocycles. The average molecular weight is 230 g/mol. The number of benzene rings is 1. The minimum Gasteiger partial charge on any atom is -0.370 e. The molecule has 88 valence electrons. The number of halogens is 1. The first-order valence-electron chi connectivity index (χ1n) is 6.14. The van der Waals surface area contributed by atoms with E-state index in [9.17, 15) is 4.39 Å². The first kappa shape index (κ1) is 10.5. The Hall–Kier alpha value is -1.64. The summed E-state index contributed by atoms with van der Waals surface area (Å²) in [5.41, 5.74) is 2.05. The van der Waals surface area contributed by atoms with Crippen molar-refractivity contribution in [2.75, 3.05) is 18.0 Å². The summed E-state index contributed by atoms with van der Waals surface area (Å²) < 4.78 is 13.1. The van der Waals surface area contributed by atoms with E-state index < -0.39 is 0 Å². The Morgan fingerprint density at radius 2 is 1.94 bits per heavy atom. The highest BCUT2D eigenvalue weighted by molar-refractivity contribution is 5.90. The van der Waals surface area contributed by atoms with Crippen molar-refractivity contribution >= 4 is 16.6 Å². The highest BCUT2D eigenvalue weighted by Gasteiger charge is 2.14. The summed E-state index contributed by atoms with van der Waals surface area (Å²) in [6.07, 6.45) is 5.08. The van der Waals surface area contributed by atoms with Gasteiger partial charge in [-0.15, -0.1) is 0 Å². The van der Waals surface area contributed by atoms with Crippen LogP contribution in [0, 0.1) is 5.82 Å². The largest absolute Gasteiger partial charge is 0.370 e. The number of hydrogen-bond donors (Lipinski definition) is 0. The third-order valence-electron chi connectivity index (χ3n) is 3.35. The second kappa shape index (κ2) is 4.32. The fourth-order valence-corrected chi connectivity index (χ4v) is 2.51. The van der Waals surface area contributed by atoms with Gasteiger partial charge in [-0.1, -0.05) is 12.1 Å². The van der Waals surface area contributed by atoms with Crippen LogP contribution in [0.5, 0.6) is 0 Å². The fraction of sp³-hybridized carbons (Fsp3) is 0.357. The first-order chi connectivity index (χ1) is 8.34. The summed E-state index contributed by atoms with van der Waals surface area (Å²) in [5.74, 6) is -0.270. The number of anilines is 1. The van der Waals surface area contributed by atoms with Crippen molar-refractivity contribution in [1.82, 2.24) is 4.98 Å². The zero-order chi connectivity index (χ0) is 11.7. The molecule has 2 aromatic rings. The van der Waals surface area contributed by atoms with E-state index >= 15 is 0 Å². The van der Waals surface area contributed by atoms with E-state index in [1.54, 1.807) is 6.07 Å². The third kappa shape index (κ3) is 1.97. The SMILES string of the molecule is Fc1cnc2c(N3CCCCC3)cccc2c1. The van der Waals surface area contributed by atoms with Gasteiger partial charge in [0.15, 0.2) is 0 Å². The van der Waals surface area contributed by atoms with Crippen molar-refractivity contribution in [2.45, 2.75) is 19.3 Å². The minimum absolute atomic E-state index is 0.270. The van der Waals surface area contributed by atoms with Crippen LogP contribution in [-0.4, -0.2) is 18.1 Å². The topological polar surface area (TPSA) is 16.1 Å². The zero-order valence-corrected chi connectivity index (χ0v) is 9.69. The number of rotatable bonds is 1. The molecule has 2 heterocycles. The second-order valence-corrected chi connectivity index (χ2v) is 4.55. The molecule has 0 N–H and O–H groups in total. The summed E-state index contributed by atoms with van der Waals surface area (Å²) in [7, 11) is 0. The number of fused-ring (bicyclic) bond motifs is 1. The van der Waals surface area contributed by atoms with Gasteiger partial charge in [-0.2, -0.15) is 0 Å². The van der Waals surface area contributed by atoms with Crippen LogP contribution >= 0.6 is 0 Å². The number of nitrogens with zero attached hydrogens (tertiary/aromatic N) is 2. The molecule has 0 radical (unpaired) electrons. The van der Waals surface area contributed by atoms with E-state index in [1.807, 2.05) is 12.1 Å². The lowest BCUT2D eigenvalue weighted by molar-refractivity contribution is 0.578. The molecule has 1 aromatic heterocycles. The van der Waals surface area contributed by atoms with Crippen molar-refractivity contribution in [2.24, 2.45) is 0 Å². The van der Waals surface area contributed by atoms with Crippen LogP contribution in [0.3, 0.4) is 0 Å². The predicted molar refractivity (Wildman–Crippen MR) is 67.8 cm³/mol. The van der Waals surface area contributed by atoms with E-state index in [2.05, 4.69) is 16.0 Å². The molecular weight excluding hydrogens is 215 g/mol. The maximum Gasteiger partial charge on any atom is 0.142 e. The Morgan fingerprint density at radius 1 is 1.12 bits per heavy atom. The minimum atomic E-state index is -0.270. The maximum atomic E-state index is 13.1. The van der Waals surface area contributed by atoms with E-state index in [4.69, 9.17) is 0 Å². The van der Waals surface area contributed by atoms with Gasteiger partial charge >= 0.3 is 0 Å². The van der Waals surface area contributed by atoms with Crippen LogP contribution in [0.1, 0.15) is 19.3 Å². The van der Waals surface area contributed by atoms with Crippen molar-refractivity contribution in [3.63, 3.8) is 0 Å². The molecule has 0 atom stereocenters. The van der Waals surface area contributed by atoms with Gasteiger partial charge in [-0.25, -0.2) is 4.39 Å². The van der Waals surface area contributed by atoms with Gasteiger partial charge in [0.25, 0.3) is 0 Å². The molecule has 3 heteroatoms. The number of piperidine rings is 1. The molecule has 0 amide bonds. The normalized spacial score (nSPS) is 16.4. The van der Waals surface area contributed by atoms with Crippen molar-refractivity contribution in [1.29, 1.82) is 0 Å². The van der Waals surface area contributed by atoms with Crippen molar-refractivity contribution < 1.29 is 4.39 Å². The summed E-state index contributed by atoms with van der Waals surface area (Å²) in [6, 6.07) is 7.53. The van der Waals surface area contributed by atoms with E-state index in [0.717, 1.165) is 29.7 Å². The quantitative estimate of drug-likeness (QED) is 0.746. The van der Waals surface area contributed by atoms with Crippen LogP contribution in [-0.2, 0) is 0 Å². The Balaban J connectivity index is 2.09. The van der Waals surface area contributed by atoms with E-state index in [0.29, 0.717) is 0 Å². The highest BCUT2D eigenvalue weighted by atomic mass is 19.1. The average Bonchev–Trinajstić information content (AvgIpc) is 2.39. The Morgan fingerprint density at radius 3 is 2.76 bits per heavy atom. The highest BCUT2D eigenvalue weighted by Crippen LogP contribution is 2.27. The molecular formula is C14H15FN2. The van der Waals surface area contributed by atoms with Gasteiger partial charge < -0.3 is 4.90 Å². The maximum absolute atomic E-state index is 13.1. The molecule has 0 unspecified atom stereocenters. The molecule has 1 aromatic carbocycles. The lowest BCUT2D eigenvalue weighted by atomic mass is 10.1. The third-order valence-corrected chi connectivity index (χ3v) is 3.35. The monoisotopic (exact) mass is 230 g/mol. The molecule has 0 saturated carbocycles. The smallest absolute Gasteiger partial charge is 0.142 e. The van der Waals surface area contributed by atoms with Crippen molar-refractivity contribution in [3.8, 4) is 0 Å². The molecule has 3 rings (SSSR count). The molecule has 1 fully saturated rings. The lowest BCUT2D eigenvalue weighted by Gasteiger charge is -2.29. The zero-order valence-electron chi connectivity index (χ0n) is 9.69. The lowest BCUT2D eigenvalue weighted by Crippen LogP contribution is -2.29. The molecule has 0 aliphatic carbocycles. The second-order valence-electron chi connectivity index (χ2n) is 4.55. The summed E-state index contributed by atoms with van der Waals surface area (Å²) in [4.78, 5) is 6.60. The van der Waals surface area contributed by atoms with Crippen LogP contribution in [0.2, 0.25) is 0 Å². The van der Waals surface area contributed by atoms with Crippen LogP contribution in [0.4, 0.5) is 10.1 Å². The number of aromatic nitrogens is 1. The standard InChI is InChI=1S/C14H15FN2/c15-12-9-11-5-4-6-13(14(11)16-10-12)17-7-2-1-3-8-17/h4-6,9-10H,1-3,7-8H2. The van der Waals surface area contributed by atoms with Gasteiger partial charge in [-0.3, -0.25) is 4.98 Å². The van der Waals surface area contributed by atoms with Crippen LogP contribution in [0.25, 0.3) is 10.9 Å². The first-order valence-corrected chi connectivity index (χ1v) is 6.14. The van der Waals surface area contributed by atoms with Gasteiger partial charge in [0, 0.05) is 18.5 Å². The van der Waals surface area contributed by atoms with Gasteiger partial charge in [-0.05, 0) is 31.4 Å². The molecule has 0 bridgehead atoms. The number of para-hydroxylation sites is 1. The van der Waals surface area contributed by atoms with Gasteiger partial charge in [0.1, 0.15) is 5.82 Å². The molecule has 2 nitrogen and oxygen atoms in total. The summed E-state index contributed by atoms with van der Waals surface area (Å²) in [5, 5.41) is 0.882. The van der Waals surface area contributed by atoms with Gasteiger partial charge in [0.05, 0.1) is 17.4 Å². The van der Waals surface area contributed by atoms with E-state index in [1.165, 1.54) is 25.5 Å². The molecule has 17 heavy (non-hydrogen) atoms. The Labute approximate surface area is 100 Å². The number of hydrogen-bond acceptors (Lipinski definition) is 2. The summed E-state index contributed by atoms with van der Waals surface area (Å²) in [6.45, 7) is 2.16.